The molecule has 8 aliphatic rings. The van der Waals surface area contributed by atoms with Gasteiger partial charge in [0.2, 0.25) is 22.2 Å². The number of aromatic amines is 1. The summed E-state index contributed by atoms with van der Waals surface area (Å²) in [6.07, 6.45) is 1.72. The van der Waals surface area contributed by atoms with E-state index in [0.717, 1.165) is 53.4 Å². The molecule has 11 N–H and O–H groups in total. The van der Waals surface area contributed by atoms with E-state index in [1.165, 1.54) is 82.0 Å². The normalized spacial score (nSPS) is 19.5. The smallest absolute Gasteiger partial charge is 0.323 e. The highest BCUT2D eigenvalue weighted by Gasteiger charge is 2.53. The van der Waals surface area contributed by atoms with Crippen molar-refractivity contribution in [2.45, 2.75) is 62.2 Å². The molecular weight excluding hydrogens is 1660 g/mol. The van der Waals surface area contributed by atoms with Gasteiger partial charge in [-0.2, -0.15) is 5.10 Å². The lowest BCUT2D eigenvalue weighted by atomic mass is 9.98. The molecule has 0 bridgehead atoms. The van der Waals surface area contributed by atoms with Gasteiger partial charge in [-0.05, 0) is 139 Å². The van der Waals surface area contributed by atoms with Crippen molar-refractivity contribution in [2.75, 3.05) is 60.4 Å². The fourth-order valence-corrected chi connectivity index (χ4v) is 17.2. The fourth-order valence-electron chi connectivity index (χ4n) is 14.9. The molecule has 37 heteroatoms. The number of methoxy groups -OCH3 is 4. The topological polar surface area (TPSA) is 444 Å². The Bertz CT molecular complexity index is 6680. The Labute approximate surface area is 722 Å². The third-order valence-corrected chi connectivity index (χ3v) is 24.1. The molecule has 0 aliphatic carbocycles. The summed E-state index contributed by atoms with van der Waals surface area (Å²) in [6.45, 7) is 4.47. The number of aromatic nitrogens is 5. The molecule has 16 amide bonds. The first-order chi connectivity index (χ1) is 60.2. The number of hydrogen-bond donors (Lipinski definition) is 10. The van der Waals surface area contributed by atoms with Crippen LogP contribution in [0.15, 0.2) is 151 Å². The summed E-state index contributed by atoms with van der Waals surface area (Å²) in [5, 5.41) is 26.8. The molecule has 6 aromatic carbocycles. The van der Waals surface area contributed by atoms with E-state index in [9.17, 15) is 57.5 Å². The highest BCUT2D eigenvalue weighted by atomic mass is 32.1. The number of nitrogens with one attached hydrogen (secondary N) is 9. The van der Waals surface area contributed by atoms with Crippen LogP contribution in [0.2, 0.25) is 0 Å². The van der Waals surface area contributed by atoms with Crippen LogP contribution in [-0.4, -0.2) is 193 Å². The zero-order chi connectivity index (χ0) is 87.8. The summed E-state index contributed by atoms with van der Waals surface area (Å²) in [6, 6.07) is 39.0. The first kappa shape index (κ1) is 82.7. The van der Waals surface area contributed by atoms with Crippen LogP contribution in [0.5, 0.6) is 23.0 Å². The third-order valence-electron chi connectivity index (χ3n) is 21.3. The highest BCUT2D eigenvalue weighted by Crippen LogP contribution is 2.36. The number of imide groups is 4. The van der Waals surface area contributed by atoms with Crippen molar-refractivity contribution in [3.05, 3.63) is 228 Å². The fraction of sp³-hybridized carbons (Fsp3) is 0.205. The number of urea groups is 4. The van der Waals surface area contributed by atoms with E-state index in [1.807, 2.05) is 85.8 Å². The molecule has 626 valence electrons. The van der Waals surface area contributed by atoms with Crippen LogP contribution in [0.25, 0.3) is 31.0 Å². The van der Waals surface area contributed by atoms with E-state index >= 15 is 0 Å². The number of carbonyl (C=O) groups excluding carboxylic acids is 12. The second-order valence-corrected chi connectivity index (χ2v) is 32.4. The number of anilines is 1. The molecule has 4 atom stereocenters. The Morgan fingerprint density at radius 1 is 0.440 bits per heavy atom. The number of nitrogens with two attached hydrogens (primary N) is 1. The summed E-state index contributed by atoms with van der Waals surface area (Å²) >= 11 is 4.27. The minimum atomic E-state index is -1.62. The number of thiazole rings is 2. The van der Waals surface area contributed by atoms with Crippen molar-refractivity contribution >= 4 is 132 Å². The third kappa shape index (κ3) is 16.4. The highest BCUT2D eigenvalue weighted by molar-refractivity contribution is 7.19. The van der Waals surface area contributed by atoms with Crippen LogP contribution in [0.4, 0.5) is 24.9 Å². The van der Waals surface area contributed by atoms with E-state index in [1.54, 1.807) is 79.3 Å². The number of pyridine rings is 1. The zero-order valence-corrected chi connectivity index (χ0v) is 69.5. The monoisotopic (exact) mass is 1730 g/mol. The van der Waals surface area contributed by atoms with Crippen molar-refractivity contribution in [1.82, 2.24) is 87.3 Å². The summed E-state index contributed by atoms with van der Waals surface area (Å²) in [5.41, 5.74) is 12.1. The van der Waals surface area contributed by atoms with Crippen LogP contribution in [0.3, 0.4) is 0 Å². The van der Waals surface area contributed by atoms with Gasteiger partial charge in [-0.1, -0.05) is 83.9 Å². The number of hydrogen-bond acceptors (Lipinski definition) is 24. The standard InChI is InChI=1S/C24H18N4O4S.C22H17N5O4S.C22H16N4O4S.C20H19N5O4/c1-32-16-6-5-15-13-28(21(29)18(15)12-16)14-24(22(30)26-23(31)27-24)10-9-17-7-8-20(33-17)19-4-2-3-11-25-19;1-31-13-3-2-12-9-27(19(28)15(12)8-13)10-22(20(29)25-21(30)26-22)7-6-14-16(23)4-5-17-18(14)24-11-32-17;1-30-14-7-6-13-11-26(19(27)15(13)10-14)12-22(20(28)24-21(29)25-22)9-8-18-23-16-4-2-3-5-17(16)31-18;1-11-15(12(2)24-23-11)6-7-20(18(27)21-19(28)22-20)10-25-9-13-4-5-14(29-3)8-16(13)17(25)26/h2-8,11-12H,13-14H2,1H3,(H2,26,27,30,31);2-5,8,11H,9-10,23H2,1H3,(H2,25,26,29,30);2-7,10H,11-12H2,1H3,(H2,24,25,28,29);4-5,8H,9-10H2,1-3H3,(H,23,24)(H2,21,22,27,28)/t24-;2*22-;20-/m1111/s1. The number of ether oxygens (including phenoxy) is 4. The molecule has 0 saturated carbocycles. The van der Waals surface area contributed by atoms with Gasteiger partial charge in [0, 0.05) is 66.0 Å². The van der Waals surface area contributed by atoms with Crippen LogP contribution >= 0.6 is 34.0 Å². The Balaban J connectivity index is 0.000000123. The van der Waals surface area contributed by atoms with Crippen molar-refractivity contribution in [1.29, 1.82) is 0 Å². The van der Waals surface area contributed by atoms with Crippen molar-refractivity contribution in [3.63, 3.8) is 0 Å². The second-order valence-electron chi connectivity index (χ2n) is 29.4. The first-order valence-electron chi connectivity index (χ1n) is 38.2. The van der Waals surface area contributed by atoms with Gasteiger partial charge in [0.05, 0.1) is 113 Å². The number of aryl methyl sites for hydroxylation is 2. The zero-order valence-electron chi connectivity index (χ0n) is 67.0. The number of H-pyrrole nitrogens is 1. The lowest BCUT2D eigenvalue weighted by molar-refractivity contribution is -0.123. The van der Waals surface area contributed by atoms with E-state index in [4.69, 9.17) is 24.7 Å². The minimum Gasteiger partial charge on any atom is -0.497 e. The number of nitrogens with zero attached hydrogens (tertiary/aromatic N) is 8. The predicted molar refractivity (Wildman–Crippen MR) is 455 cm³/mol. The number of para-hydroxylation sites is 1. The van der Waals surface area contributed by atoms with E-state index in [0.29, 0.717) is 103 Å². The maximum Gasteiger partial charge on any atom is 0.323 e. The van der Waals surface area contributed by atoms with Gasteiger partial charge in [-0.15, -0.1) is 34.0 Å². The molecule has 4 fully saturated rings. The number of amides is 16. The number of thiophene rings is 1. The van der Waals surface area contributed by atoms with E-state index in [2.05, 4.69) is 115 Å². The second kappa shape index (κ2) is 33.6. The van der Waals surface area contributed by atoms with Crippen LogP contribution in [0, 0.1) is 61.2 Å². The first-order valence-corrected chi connectivity index (χ1v) is 40.7. The molecule has 13 heterocycles. The van der Waals surface area contributed by atoms with Crippen molar-refractivity contribution in [2.24, 2.45) is 0 Å². The quantitative estimate of drug-likeness (QED) is 0.0339. The maximum atomic E-state index is 13.0. The lowest BCUT2D eigenvalue weighted by Crippen LogP contribution is -2.54. The average molecular weight is 1730 g/mol. The van der Waals surface area contributed by atoms with Crippen LogP contribution in [0.1, 0.15) is 96.1 Å². The molecule has 34 nitrogen and oxygen atoms in total. The molecule has 8 aliphatic heterocycles. The van der Waals surface area contributed by atoms with Gasteiger partial charge in [-0.25, -0.2) is 29.1 Å². The van der Waals surface area contributed by atoms with Gasteiger partial charge in [-0.3, -0.25) is 69.7 Å². The average Bonchev–Trinajstić information content (AvgIpc) is 1.60. The number of benzene rings is 6. The molecular formula is C88H70N18O16S3. The van der Waals surface area contributed by atoms with Crippen molar-refractivity contribution in [3.8, 4) is 80.9 Å². The Morgan fingerprint density at radius 3 is 1.25 bits per heavy atom. The molecule has 11 aromatic rings. The Morgan fingerprint density at radius 2 is 0.856 bits per heavy atom. The van der Waals surface area contributed by atoms with Crippen LogP contribution in [-0.2, 0) is 45.4 Å². The van der Waals surface area contributed by atoms with E-state index in [-0.39, 0.29) is 56.4 Å². The van der Waals surface area contributed by atoms with Gasteiger partial charge in [0.15, 0.2) is 5.01 Å². The Kier molecular flexibility index (Phi) is 22.2. The molecule has 125 heavy (non-hydrogen) atoms. The number of carbonyl (C=O) groups is 12. The SMILES string of the molecule is COc1ccc2c(c1)C(=O)N(C[C@@]1(C#Cc3c(C)n[nH]c3C)NC(=O)NC1=O)C2.COc1ccc2c(c1)C(=O)N(C[C@@]1(C#Cc3c(N)ccc4scnc34)NC(=O)NC1=O)C2.COc1ccc2c(c1)C(=O)N(C[C@@]1(C#Cc3ccc(-c4ccccn4)s3)NC(=O)NC1=O)C2.COc1ccc2c(c1)C(=O)N(C[C@@]1(C#Cc3nc4ccccc4s3)NC(=O)NC1=O)C2. The minimum absolute atomic E-state index is 0.0775. The Hall–Kier alpha value is -16.0. The number of rotatable bonds is 13. The van der Waals surface area contributed by atoms with Gasteiger partial charge in [0.25, 0.3) is 47.3 Å². The summed E-state index contributed by atoms with van der Waals surface area (Å²) in [7, 11) is 6.12. The van der Waals surface area contributed by atoms with Gasteiger partial charge in [0.1, 0.15) is 23.0 Å². The van der Waals surface area contributed by atoms with Gasteiger partial charge >= 0.3 is 24.1 Å². The van der Waals surface area contributed by atoms with Crippen LogP contribution < -0.4 is 67.2 Å². The largest absolute Gasteiger partial charge is 0.497 e. The van der Waals surface area contributed by atoms with Gasteiger partial charge < -0.3 is 65.5 Å². The molecule has 19 rings (SSSR count). The number of nitrogen functional groups attached to an aromatic ring is 1. The van der Waals surface area contributed by atoms with Crippen molar-refractivity contribution < 1.29 is 76.5 Å². The molecule has 0 unspecified atom stereocenters. The molecule has 0 spiro atoms. The maximum absolute atomic E-state index is 13.0. The molecule has 4 saturated heterocycles. The predicted octanol–water partition coefficient (Wildman–Crippen LogP) is 6.39. The summed E-state index contributed by atoms with van der Waals surface area (Å²) < 4.78 is 22.7. The number of fused-ring (bicyclic) bond motifs is 6. The molecule has 0 radical (unpaired) electrons. The van der Waals surface area contributed by atoms with E-state index < -0.39 is 69.9 Å². The lowest BCUT2D eigenvalue weighted by Gasteiger charge is -2.26. The summed E-state index contributed by atoms with van der Waals surface area (Å²) in [5.74, 6) is 22.3. The molecule has 5 aromatic heterocycles. The summed E-state index contributed by atoms with van der Waals surface area (Å²) in [4.78, 5) is 171.